The molecule has 1 aliphatic rings. The Hall–Kier alpha value is -7.20. The van der Waals surface area contributed by atoms with Crippen LogP contribution in [0.15, 0.2) is 200 Å². The highest BCUT2D eigenvalue weighted by Gasteiger charge is 2.35. The Morgan fingerprint density at radius 1 is 0.365 bits per heavy atom. The molecular weight excluding hydrogens is 777 g/mol. The molecule has 0 spiro atoms. The normalized spacial score (nSPS) is 13.3. The van der Waals surface area contributed by atoms with E-state index in [-0.39, 0.29) is 5.41 Å². The fourth-order valence-electron chi connectivity index (χ4n) is 10.7. The molecule has 0 amide bonds. The standard InChI is InChI=1S/C60H48N2Si/c1-60(2)51-21-14-17-40-23-24-43-37-46(38-52(60)59(43)58(40)51)61(45-29-31-47(32-30-45)63(3,4)5)54-35-27-41-26-34-50-55(36-28-42-25-33-49(54)56(41)57(42)50)62(44-18-10-7-11-19-44)53-22-13-12-20-48(53)39-15-8-6-9-16-39/h6-38H,1-5H3. The summed E-state index contributed by atoms with van der Waals surface area (Å²) in [4.78, 5) is 4.99. The van der Waals surface area contributed by atoms with Crippen molar-refractivity contribution < 1.29 is 0 Å². The van der Waals surface area contributed by atoms with Crippen molar-refractivity contribution in [3.8, 4) is 11.1 Å². The molecule has 302 valence electrons. The Balaban J connectivity index is 1.11. The number of anilines is 6. The van der Waals surface area contributed by atoms with Gasteiger partial charge in [-0.15, -0.1) is 0 Å². The van der Waals surface area contributed by atoms with E-state index in [9.17, 15) is 0 Å². The van der Waals surface area contributed by atoms with E-state index in [0.717, 1.165) is 17.1 Å². The van der Waals surface area contributed by atoms with Crippen LogP contribution < -0.4 is 15.0 Å². The zero-order valence-corrected chi connectivity index (χ0v) is 37.4. The summed E-state index contributed by atoms with van der Waals surface area (Å²) in [5.74, 6) is 0. The summed E-state index contributed by atoms with van der Waals surface area (Å²) in [7, 11) is -1.53. The monoisotopic (exact) mass is 824 g/mol. The zero-order valence-electron chi connectivity index (χ0n) is 36.4. The van der Waals surface area contributed by atoms with Crippen molar-refractivity contribution in [3.63, 3.8) is 0 Å². The quantitative estimate of drug-likeness (QED) is 0.111. The maximum Gasteiger partial charge on any atom is 0.0775 e. The van der Waals surface area contributed by atoms with Crippen LogP contribution >= 0.6 is 0 Å². The van der Waals surface area contributed by atoms with Gasteiger partial charge in [-0.1, -0.05) is 184 Å². The Bertz CT molecular complexity index is 3570. The molecule has 0 unspecified atom stereocenters. The summed E-state index contributed by atoms with van der Waals surface area (Å²) in [6.07, 6.45) is 0. The molecule has 1 aliphatic carbocycles. The van der Waals surface area contributed by atoms with Crippen molar-refractivity contribution in [2.24, 2.45) is 0 Å². The number of hydrogen-bond acceptors (Lipinski definition) is 2. The summed E-state index contributed by atoms with van der Waals surface area (Å²) >= 11 is 0. The lowest BCUT2D eigenvalue weighted by Gasteiger charge is -2.31. The van der Waals surface area contributed by atoms with E-state index in [1.165, 1.54) is 98.4 Å². The summed E-state index contributed by atoms with van der Waals surface area (Å²) in [5.41, 5.74) is 12.0. The lowest BCUT2D eigenvalue weighted by atomic mass is 9.81. The predicted molar refractivity (Wildman–Crippen MR) is 275 cm³/mol. The Morgan fingerprint density at radius 3 is 1.59 bits per heavy atom. The van der Waals surface area contributed by atoms with E-state index in [1.807, 2.05) is 0 Å². The molecule has 0 aromatic heterocycles. The van der Waals surface area contributed by atoms with Gasteiger partial charge in [-0.25, -0.2) is 0 Å². The number of rotatable bonds is 8. The molecule has 0 saturated heterocycles. The van der Waals surface area contributed by atoms with Crippen molar-refractivity contribution in [1.82, 2.24) is 0 Å². The number of nitrogens with zero attached hydrogens (tertiary/aromatic N) is 2. The predicted octanol–water partition coefficient (Wildman–Crippen LogP) is 16.7. The third-order valence-corrected chi connectivity index (χ3v) is 15.9. The first kappa shape index (κ1) is 37.5. The van der Waals surface area contributed by atoms with Gasteiger partial charge >= 0.3 is 0 Å². The van der Waals surface area contributed by atoms with Crippen molar-refractivity contribution in [1.29, 1.82) is 0 Å². The van der Waals surface area contributed by atoms with Crippen LogP contribution in [0.5, 0.6) is 0 Å². The van der Waals surface area contributed by atoms with Crippen LogP contribution in [0.3, 0.4) is 0 Å². The highest BCUT2D eigenvalue weighted by atomic mass is 28.3. The molecule has 11 aromatic carbocycles. The molecule has 0 radical (unpaired) electrons. The minimum atomic E-state index is -1.53. The minimum absolute atomic E-state index is 0.131. The maximum absolute atomic E-state index is 2.53. The van der Waals surface area contributed by atoms with E-state index in [4.69, 9.17) is 0 Å². The fourth-order valence-corrected chi connectivity index (χ4v) is 11.9. The average molecular weight is 825 g/mol. The van der Waals surface area contributed by atoms with Crippen molar-refractivity contribution in [2.45, 2.75) is 38.9 Å². The molecule has 12 rings (SSSR count). The van der Waals surface area contributed by atoms with Gasteiger partial charge in [-0.05, 0) is 114 Å². The second-order valence-corrected chi connectivity index (χ2v) is 24.0. The van der Waals surface area contributed by atoms with Gasteiger partial charge in [0.25, 0.3) is 0 Å². The Kier molecular flexibility index (Phi) is 8.29. The molecule has 0 heterocycles. The third kappa shape index (κ3) is 5.76. The highest BCUT2D eigenvalue weighted by Crippen LogP contribution is 2.53. The maximum atomic E-state index is 2.53. The van der Waals surface area contributed by atoms with Crippen LogP contribution in [0.25, 0.3) is 65.0 Å². The van der Waals surface area contributed by atoms with Crippen LogP contribution in [0, 0.1) is 0 Å². The van der Waals surface area contributed by atoms with E-state index < -0.39 is 8.07 Å². The third-order valence-electron chi connectivity index (χ3n) is 13.9. The zero-order chi connectivity index (χ0) is 42.6. The second kappa shape index (κ2) is 13.9. The molecule has 0 aliphatic heterocycles. The smallest absolute Gasteiger partial charge is 0.0775 e. The van der Waals surface area contributed by atoms with E-state index in [0.29, 0.717) is 0 Å². The van der Waals surface area contributed by atoms with Gasteiger partial charge in [0.2, 0.25) is 0 Å². The van der Waals surface area contributed by atoms with E-state index >= 15 is 0 Å². The summed E-state index contributed by atoms with van der Waals surface area (Å²) < 4.78 is 0. The molecule has 0 bridgehead atoms. The first-order valence-electron chi connectivity index (χ1n) is 22.3. The Morgan fingerprint density at radius 2 is 0.905 bits per heavy atom. The summed E-state index contributed by atoms with van der Waals surface area (Å²) in [6, 6.07) is 75.0. The lowest BCUT2D eigenvalue weighted by Crippen LogP contribution is -2.37. The van der Waals surface area contributed by atoms with E-state index in [2.05, 4.69) is 243 Å². The lowest BCUT2D eigenvalue weighted by molar-refractivity contribution is 0.663. The van der Waals surface area contributed by atoms with Crippen molar-refractivity contribution in [3.05, 3.63) is 211 Å². The molecule has 0 atom stereocenters. The molecule has 3 heteroatoms. The van der Waals surface area contributed by atoms with Gasteiger partial charge in [0.1, 0.15) is 0 Å². The fraction of sp³-hybridized carbons (Fsp3) is 0.100. The number of benzene rings is 11. The second-order valence-electron chi connectivity index (χ2n) is 19.0. The Labute approximate surface area is 370 Å². The van der Waals surface area contributed by atoms with Gasteiger partial charge in [-0.3, -0.25) is 0 Å². The minimum Gasteiger partial charge on any atom is -0.310 e. The van der Waals surface area contributed by atoms with Crippen LogP contribution in [-0.2, 0) is 5.41 Å². The summed E-state index contributed by atoms with van der Waals surface area (Å²) in [5, 5.41) is 14.4. The van der Waals surface area contributed by atoms with Crippen LogP contribution in [-0.4, -0.2) is 8.07 Å². The number of para-hydroxylation sites is 2. The van der Waals surface area contributed by atoms with Crippen LogP contribution in [0.4, 0.5) is 34.1 Å². The van der Waals surface area contributed by atoms with Gasteiger partial charge in [-0.2, -0.15) is 0 Å². The highest BCUT2D eigenvalue weighted by molar-refractivity contribution is 6.88. The first-order valence-corrected chi connectivity index (χ1v) is 25.8. The molecule has 0 fully saturated rings. The molecule has 2 nitrogen and oxygen atoms in total. The van der Waals surface area contributed by atoms with Gasteiger partial charge in [0.15, 0.2) is 0 Å². The molecule has 0 saturated carbocycles. The summed E-state index contributed by atoms with van der Waals surface area (Å²) in [6.45, 7) is 12.1. The van der Waals surface area contributed by atoms with Crippen molar-refractivity contribution in [2.75, 3.05) is 9.80 Å². The van der Waals surface area contributed by atoms with Crippen LogP contribution in [0.2, 0.25) is 19.6 Å². The largest absolute Gasteiger partial charge is 0.310 e. The first-order chi connectivity index (χ1) is 30.6. The van der Waals surface area contributed by atoms with Crippen LogP contribution in [0.1, 0.15) is 25.0 Å². The van der Waals surface area contributed by atoms with Gasteiger partial charge in [0, 0.05) is 38.8 Å². The average Bonchev–Trinajstić information content (AvgIpc) is 3.55. The molecule has 11 aromatic rings. The van der Waals surface area contributed by atoms with Gasteiger partial charge < -0.3 is 9.80 Å². The SMILES string of the molecule is CC1(C)c2cccc3ccc4cc(N(c5ccc([Si](C)(C)C)cc5)c5ccc6ccc7c(N(c8ccccc8)c8ccccc8-c8ccccc8)ccc8ccc5c6c87)cc1c4c23. The van der Waals surface area contributed by atoms with Gasteiger partial charge in [0.05, 0.1) is 25.1 Å². The number of hydrogen-bond donors (Lipinski definition) is 0. The van der Waals surface area contributed by atoms with Crippen molar-refractivity contribution >= 4 is 101 Å². The molecule has 0 N–H and O–H groups in total. The van der Waals surface area contributed by atoms with E-state index in [1.54, 1.807) is 0 Å². The molecular formula is C60H48N2Si. The topological polar surface area (TPSA) is 6.48 Å². The molecule has 63 heavy (non-hydrogen) atoms.